The summed E-state index contributed by atoms with van der Waals surface area (Å²) in [4.78, 5) is 92.0. The Morgan fingerprint density at radius 3 is 2.36 bits per heavy atom. The number of carbonyl (C=O) groups is 5. The van der Waals surface area contributed by atoms with Gasteiger partial charge in [-0.1, -0.05) is 77.1 Å². The third kappa shape index (κ3) is 11.3. The number of benzene rings is 1. The van der Waals surface area contributed by atoms with Crippen molar-refractivity contribution in [3.8, 4) is 10.4 Å². The highest BCUT2D eigenvalue weighted by atomic mass is 32.1. The number of piperazine rings is 1. The fourth-order valence-electron chi connectivity index (χ4n) is 10.8. The Bertz CT molecular complexity index is 2760. The summed E-state index contributed by atoms with van der Waals surface area (Å²) >= 11 is 1.58. The first-order valence-corrected chi connectivity index (χ1v) is 26.5. The summed E-state index contributed by atoms with van der Waals surface area (Å²) in [5.41, 5.74) is 6.31. The van der Waals surface area contributed by atoms with Crippen LogP contribution in [-0.2, 0) is 31.3 Å². The molecule has 9 rings (SSSR count). The minimum Gasteiger partial charge on any atom is -0.391 e. The van der Waals surface area contributed by atoms with Crippen LogP contribution in [0, 0.1) is 12.3 Å². The molecule has 5 N–H and O–H groups in total. The van der Waals surface area contributed by atoms with E-state index < -0.39 is 23.6 Å². The number of nitrogens with zero attached hydrogens (tertiary/aromatic N) is 8. The molecule has 1 aromatic carbocycles. The summed E-state index contributed by atoms with van der Waals surface area (Å²) in [5, 5.41) is 23.7. The molecule has 2 saturated heterocycles. The van der Waals surface area contributed by atoms with Crippen LogP contribution in [0.1, 0.15) is 120 Å². The Morgan fingerprint density at radius 2 is 1.67 bits per heavy atom. The van der Waals surface area contributed by atoms with E-state index in [1.165, 1.54) is 11.3 Å². The van der Waals surface area contributed by atoms with E-state index in [1.807, 2.05) is 86.8 Å². The number of β-amino-alcohol motifs (C(OH)–C–C–N with tert-alkyl or cyclic N) is 1. The quantitative estimate of drug-likeness (QED) is 0.0698. The Hall–Kier alpha value is -6.47. The van der Waals surface area contributed by atoms with Crippen LogP contribution in [0.3, 0.4) is 0 Å². The van der Waals surface area contributed by atoms with Crippen molar-refractivity contribution in [3.05, 3.63) is 77.3 Å². The van der Waals surface area contributed by atoms with Crippen molar-refractivity contribution in [1.82, 2.24) is 50.3 Å². The summed E-state index contributed by atoms with van der Waals surface area (Å²) in [6.07, 6.45) is 11.9. The summed E-state index contributed by atoms with van der Waals surface area (Å²) in [6.45, 7) is 11.1. The van der Waals surface area contributed by atoms with Gasteiger partial charge in [0, 0.05) is 76.7 Å². The van der Waals surface area contributed by atoms with Crippen molar-refractivity contribution < 1.29 is 29.1 Å². The zero-order valence-corrected chi connectivity index (χ0v) is 42.7. The van der Waals surface area contributed by atoms with E-state index in [0.29, 0.717) is 63.0 Å². The van der Waals surface area contributed by atoms with Crippen LogP contribution in [0.15, 0.2) is 60.4 Å². The second kappa shape index (κ2) is 21.7. The minimum atomic E-state index is -0.890. The molecule has 1 unspecified atom stereocenters. The fraction of sp³-hybridized carbons (Fsp3) is 0.528. The lowest BCUT2D eigenvalue weighted by Gasteiger charge is -2.42. The van der Waals surface area contributed by atoms with Crippen molar-refractivity contribution in [3.63, 3.8) is 0 Å². The molecule has 1 aliphatic carbocycles. The van der Waals surface area contributed by atoms with Gasteiger partial charge in [-0.15, -0.1) is 11.3 Å². The summed E-state index contributed by atoms with van der Waals surface area (Å²) in [7, 11) is 0. The number of pyridine rings is 1. The molecule has 1 spiro atoms. The number of aryl methyl sites for hydroxylation is 1. The van der Waals surface area contributed by atoms with Gasteiger partial charge in [-0.05, 0) is 67.3 Å². The van der Waals surface area contributed by atoms with Gasteiger partial charge in [0.2, 0.25) is 29.6 Å². The maximum absolute atomic E-state index is 14.1. The highest BCUT2D eigenvalue weighted by molar-refractivity contribution is 7.13. The van der Waals surface area contributed by atoms with E-state index in [4.69, 9.17) is 4.98 Å². The molecule has 18 nitrogen and oxygen atoms in total. The predicted molar refractivity (Wildman–Crippen MR) is 277 cm³/mol. The topological polar surface area (TPSA) is 220 Å². The van der Waals surface area contributed by atoms with Gasteiger partial charge in [0.25, 0.3) is 5.91 Å². The molecule has 7 heterocycles. The van der Waals surface area contributed by atoms with Crippen LogP contribution in [0.25, 0.3) is 21.5 Å². The van der Waals surface area contributed by atoms with Gasteiger partial charge in [0.05, 0.1) is 39.6 Å². The number of amides is 5. The molecule has 0 bridgehead atoms. The standard InChI is InChI=1S/C53H68N12O6S/c1-34-45(72-33-58-34)36-16-14-35(15-17-36)28-55-48(69)40-27-39(66)31-64(40)50(71)46(52(2,3)4)60-43(67)12-8-5-6-9-13-44(68)63-24-22-62(23-25-63)38-18-19-42(54-30-38)59-51-56-29-37-26-41-49(70)57-32-53(20-10-7-11-21-53)65(41)47(37)61-51/h14-19,26,29-30,33,39-40,46,66H,5-13,20-25,27-28,31-32H2,1-4H3,(H,55,69)(H,57,70)(H,60,67)(H,54,56,59,61)/t39-,40+,46?/m1/s1. The molecule has 3 aliphatic heterocycles. The smallest absolute Gasteiger partial charge is 0.268 e. The summed E-state index contributed by atoms with van der Waals surface area (Å²) in [6, 6.07) is 12.0. The first kappa shape index (κ1) is 50.5. The number of thiazole rings is 1. The molecular weight excluding hydrogens is 933 g/mol. The molecular formula is C53H68N12O6S. The second-order valence-corrected chi connectivity index (χ2v) is 21.9. The number of hydrogen-bond donors (Lipinski definition) is 5. The average Bonchev–Trinajstić information content (AvgIpc) is 4.12. The number of rotatable bonds is 16. The highest BCUT2D eigenvalue weighted by Crippen LogP contribution is 2.40. The lowest BCUT2D eigenvalue weighted by Crippen LogP contribution is -2.57. The number of hydrogen-bond acceptors (Lipinski definition) is 13. The van der Waals surface area contributed by atoms with E-state index in [-0.39, 0.29) is 61.0 Å². The third-order valence-corrected chi connectivity index (χ3v) is 15.8. The monoisotopic (exact) mass is 1000 g/mol. The van der Waals surface area contributed by atoms with Gasteiger partial charge < -0.3 is 45.6 Å². The van der Waals surface area contributed by atoms with Crippen molar-refractivity contribution in [2.24, 2.45) is 5.41 Å². The third-order valence-electron chi connectivity index (χ3n) is 14.9. The zero-order valence-electron chi connectivity index (χ0n) is 41.9. The number of aliphatic hydroxyl groups is 1. The SMILES string of the molecule is Cc1ncsc1-c1ccc(CNC(=O)[C@@H]2C[C@@H](O)CN2C(=O)C(NC(=O)CCCCCCC(=O)N2CCN(c3ccc(Nc4ncc5cc6n(c5n4)C4(CCCCC4)CNC6=O)nc3)CC2)C(C)(C)C)cc1. The molecule has 72 heavy (non-hydrogen) atoms. The number of aliphatic hydroxyl groups excluding tert-OH is 1. The van der Waals surface area contributed by atoms with Crippen LogP contribution in [0.5, 0.6) is 0 Å². The van der Waals surface area contributed by atoms with Crippen LogP contribution in [0.2, 0.25) is 0 Å². The predicted octanol–water partition coefficient (Wildman–Crippen LogP) is 6.20. The molecule has 1 saturated carbocycles. The number of unbranched alkanes of at least 4 members (excludes halogenated alkanes) is 3. The van der Waals surface area contributed by atoms with Crippen LogP contribution in [0.4, 0.5) is 17.5 Å². The number of anilines is 3. The second-order valence-electron chi connectivity index (χ2n) is 21.1. The van der Waals surface area contributed by atoms with Crippen molar-refractivity contribution in [1.29, 1.82) is 0 Å². The summed E-state index contributed by atoms with van der Waals surface area (Å²) in [5.74, 6) is 0.105. The normalized spacial score (nSPS) is 19.2. The Morgan fingerprint density at radius 1 is 0.917 bits per heavy atom. The van der Waals surface area contributed by atoms with Crippen LogP contribution in [-0.4, -0.2) is 126 Å². The largest absolute Gasteiger partial charge is 0.391 e. The molecule has 0 radical (unpaired) electrons. The molecule has 5 aromatic rings. The van der Waals surface area contributed by atoms with Crippen LogP contribution < -0.4 is 26.2 Å². The first-order valence-electron chi connectivity index (χ1n) is 25.6. The molecule has 4 aromatic heterocycles. The van der Waals surface area contributed by atoms with Gasteiger partial charge >= 0.3 is 0 Å². The van der Waals surface area contributed by atoms with Gasteiger partial charge in [-0.3, -0.25) is 24.0 Å². The average molecular weight is 1000 g/mol. The summed E-state index contributed by atoms with van der Waals surface area (Å²) < 4.78 is 2.16. The maximum Gasteiger partial charge on any atom is 0.268 e. The van der Waals surface area contributed by atoms with E-state index in [0.717, 1.165) is 83.4 Å². The van der Waals surface area contributed by atoms with E-state index in [2.05, 4.69) is 45.7 Å². The molecule has 382 valence electrons. The fourth-order valence-corrected chi connectivity index (χ4v) is 11.6. The zero-order chi connectivity index (χ0) is 50.6. The lowest BCUT2D eigenvalue weighted by molar-refractivity contribution is -0.144. The maximum atomic E-state index is 14.1. The Kier molecular flexibility index (Phi) is 15.2. The lowest BCUT2D eigenvalue weighted by atomic mass is 9.80. The van der Waals surface area contributed by atoms with Crippen molar-refractivity contribution in [2.75, 3.05) is 49.5 Å². The molecule has 5 amide bonds. The van der Waals surface area contributed by atoms with Gasteiger partial charge in [-0.25, -0.2) is 15.0 Å². The Labute approximate surface area is 424 Å². The van der Waals surface area contributed by atoms with Gasteiger partial charge in [-0.2, -0.15) is 4.98 Å². The number of aromatic nitrogens is 5. The minimum absolute atomic E-state index is 0.0115. The molecule has 19 heteroatoms. The highest BCUT2D eigenvalue weighted by Gasteiger charge is 2.45. The number of carbonyl (C=O) groups excluding carboxylic acids is 5. The number of nitrogens with one attached hydrogen (secondary N) is 4. The van der Waals surface area contributed by atoms with E-state index in [9.17, 15) is 29.1 Å². The first-order chi connectivity index (χ1) is 34.7. The van der Waals surface area contributed by atoms with Crippen molar-refractivity contribution >= 4 is 69.4 Å². The number of fused-ring (bicyclic) bond motifs is 4. The van der Waals surface area contributed by atoms with E-state index in [1.54, 1.807) is 17.5 Å². The molecule has 4 aliphatic rings. The Balaban J connectivity index is 0.680. The molecule has 3 fully saturated rings. The van der Waals surface area contributed by atoms with Gasteiger partial charge in [0.1, 0.15) is 29.2 Å². The van der Waals surface area contributed by atoms with Gasteiger partial charge in [0.15, 0.2) is 0 Å². The van der Waals surface area contributed by atoms with Crippen molar-refractivity contribution in [2.45, 2.75) is 135 Å². The molecule has 3 atom stereocenters. The van der Waals surface area contributed by atoms with E-state index >= 15 is 0 Å². The number of likely N-dealkylation sites (tertiary alicyclic amines) is 1. The van der Waals surface area contributed by atoms with Crippen LogP contribution >= 0.6 is 11.3 Å².